The molecular formula is C13H12ClFN2O2. The van der Waals surface area contributed by atoms with E-state index >= 15 is 0 Å². The van der Waals surface area contributed by atoms with Gasteiger partial charge in [0.05, 0.1) is 19.0 Å². The van der Waals surface area contributed by atoms with Crippen molar-refractivity contribution in [3.8, 4) is 11.5 Å². The van der Waals surface area contributed by atoms with Gasteiger partial charge in [-0.1, -0.05) is 11.6 Å². The monoisotopic (exact) mass is 282 g/mol. The lowest BCUT2D eigenvalue weighted by Crippen LogP contribution is -2.01. The summed E-state index contributed by atoms with van der Waals surface area (Å²) < 4.78 is 17.7. The second-order valence-electron chi connectivity index (χ2n) is 3.84. The maximum Gasteiger partial charge on any atom is 0.212 e. The van der Waals surface area contributed by atoms with Gasteiger partial charge in [-0.25, -0.2) is 4.98 Å². The Morgan fingerprint density at radius 3 is 2.84 bits per heavy atom. The van der Waals surface area contributed by atoms with Crippen molar-refractivity contribution < 1.29 is 14.2 Å². The van der Waals surface area contributed by atoms with Crippen molar-refractivity contribution in [3.63, 3.8) is 0 Å². The summed E-state index contributed by atoms with van der Waals surface area (Å²) in [5.41, 5.74) is 1.22. The molecule has 0 saturated carbocycles. The molecule has 1 aromatic heterocycles. The minimum absolute atomic E-state index is 0.0227. The third-order valence-corrected chi connectivity index (χ3v) is 2.77. The number of nitrogens with one attached hydrogen (secondary N) is 1. The van der Waals surface area contributed by atoms with Crippen LogP contribution in [-0.4, -0.2) is 17.2 Å². The summed E-state index contributed by atoms with van der Waals surface area (Å²) in [6.45, 7) is 0.316. The molecular weight excluding hydrogens is 271 g/mol. The first-order chi connectivity index (χ1) is 9.10. The van der Waals surface area contributed by atoms with Crippen molar-refractivity contribution >= 4 is 17.3 Å². The zero-order valence-corrected chi connectivity index (χ0v) is 10.9. The van der Waals surface area contributed by atoms with E-state index in [1.807, 2.05) is 0 Å². The Labute approximate surface area is 114 Å². The van der Waals surface area contributed by atoms with E-state index in [9.17, 15) is 9.50 Å². The average molecular weight is 283 g/mol. The van der Waals surface area contributed by atoms with Gasteiger partial charge in [-0.3, -0.25) is 0 Å². The Hall–Kier alpha value is -2.01. The first-order valence-corrected chi connectivity index (χ1v) is 5.88. The lowest BCUT2D eigenvalue weighted by atomic mass is 10.2. The molecule has 2 aromatic rings. The molecule has 6 heteroatoms. The number of phenolic OH excluding ortho intramolecular Hbond substituents is 1. The number of methoxy groups -OCH3 is 1. The van der Waals surface area contributed by atoms with Crippen molar-refractivity contribution in [1.29, 1.82) is 0 Å². The topological polar surface area (TPSA) is 54.4 Å². The molecule has 0 aliphatic rings. The molecule has 0 spiro atoms. The minimum atomic E-state index is -0.544. The molecule has 0 saturated heterocycles. The van der Waals surface area contributed by atoms with Crippen LogP contribution in [0.5, 0.6) is 11.5 Å². The van der Waals surface area contributed by atoms with E-state index in [1.165, 1.54) is 25.4 Å². The Kier molecular flexibility index (Phi) is 4.06. The van der Waals surface area contributed by atoms with Crippen LogP contribution in [0.4, 0.5) is 10.1 Å². The zero-order chi connectivity index (χ0) is 13.8. The fourth-order valence-corrected chi connectivity index (χ4v) is 1.83. The number of anilines is 1. The van der Waals surface area contributed by atoms with Gasteiger partial charge in [0.1, 0.15) is 0 Å². The summed E-state index contributed by atoms with van der Waals surface area (Å²) in [5, 5.41) is 13.4. The highest BCUT2D eigenvalue weighted by molar-refractivity contribution is 6.30. The molecule has 4 nitrogen and oxygen atoms in total. The third kappa shape index (κ3) is 3.26. The smallest absolute Gasteiger partial charge is 0.212 e. The predicted octanol–water partition coefficient (Wildman–Crippen LogP) is 3.20. The number of benzene rings is 1. The highest BCUT2D eigenvalue weighted by atomic mass is 35.5. The van der Waals surface area contributed by atoms with Gasteiger partial charge in [0.25, 0.3) is 0 Å². The van der Waals surface area contributed by atoms with Crippen LogP contribution in [0.1, 0.15) is 5.56 Å². The summed E-state index contributed by atoms with van der Waals surface area (Å²) in [6, 6.07) is 5.96. The van der Waals surface area contributed by atoms with Gasteiger partial charge in [-0.15, -0.1) is 0 Å². The number of halogens is 2. The number of nitrogens with zero attached hydrogens (tertiary/aromatic N) is 1. The molecule has 0 amide bonds. The quantitative estimate of drug-likeness (QED) is 0.846. The van der Waals surface area contributed by atoms with Crippen molar-refractivity contribution in [1.82, 2.24) is 4.98 Å². The van der Waals surface area contributed by atoms with Crippen LogP contribution in [0.25, 0.3) is 0 Å². The zero-order valence-electron chi connectivity index (χ0n) is 10.2. The fourth-order valence-electron chi connectivity index (χ4n) is 1.60. The van der Waals surface area contributed by atoms with Gasteiger partial charge >= 0.3 is 0 Å². The van der Waals surface area contributed by atoms with Crippen LogP contribution in [0, 0.1) is 5.95 Å². The molecule has 19 heavy (non-hydrogen) atoms. The minimum Gasteiger partial charge on any atom is -0.504 e. The standard InChI is InChI=1S/C13H12ClFN2O2/c1-19-11-5-9(14)4-8(13(11)18)6-16-10-2-3-12(15)17-7-10/h2-5,7,16,18H,6H2,1H3. The van der Waals surface area contributed by atoms with Crippen LogP contribution >= 0.6 is 11.6 Å². The molecule has 2 N–H and O–H groups in total. The van der Waals surface area contributed by atoms with E-state index < -0.39 is 5.95 Å². The van der Waals surface area contributed by atoms with Gasteiger partial charge in [0.2, 0.25) is 5.95 Å². The number of ether oxygens (including phenoxy) is 1. The van der Waals surface area contributed by atoms with Gasteiger partial charge in [0, 0.05) is 23.2 Å². The lowest BCUT2D eigenvalue weighted by Gasteiger charge is -2.11. The van der Waals surface area contributed by atoms with Gasteiger partial charge < -0.3 is 15.2 Å². The molecule has 0 radical (unpaired) electrons. The molecule has 0 aliphatic heterocycles. The normalized spacial score (nSPS) is 10.3. The molecule has 1 heterocycles. The SMILES string of the molecule is COc1cc(Cl)cc(CNc2ccc(F)nc2)c1O. The Bertz CT molecular complexity index is 576. The molecule has 100 valence electrons. The van der Waals surface area contributed by atoms with E-state index in [0.717, 1.165) is 0 Å². The van der Waals surface area contributed by atoms with Crippen molar-refractivity contribution in [2.45, 2.75) is 6.54 Å². The van der Waals surface area contributed by atoms with Crippen LogP contribution in [-0.2, 0) is 6.54 Å². The number of phenols is 1. The lowest BCUT2D eigenvalue weighted by molar-refractivity contribution is 0.371. The maximum atomic E-state index is 12.7. The third-order valence-electron chi connectivity index (χ3n) is 2.55. The summed E-state index contributed by atoms with van der Waals surface area (Å²) in [6.07, 6.45) is 1.37. The molecule has 0 aliphatic carbocycles. The van der Waals surface area contributed by atoms with E-state index in [2.05, 4.69) is 10.3 Å². The first-order valence-electron chi connectivity index (χ1n) is 5.51. The predicted molar refractivity (Wildman–Crippen MR) is 71.2 cm³/mol. The highest BCUT2D eigenvalue weighted by Gasteiger charge is 2.09. The van der Waals surface area contributed by atoms with Gasteiger partial charge in [0.15, 0.2) is 11.5 Å². The average Bonchev–Trinajstić information content (AvgIpc) is 2.41. The number of pyridine rings is 1. The van der Waals surface area contributed by atoms with Gasteiger partial charge in [-0.05, 0) is 18.2 Å². The fraction of sp³-hybridized carbons (Fsp3) is 0.154. The maximum absolute atomic E-state index is 12.7. The molecule has 0 atom stereocenters. The summed E-state index contributed by atoms with van der Waals surface area (Å²) in [7, 11) is 1.45. The second kappa shape index (κ2) is 5.75. The first kappa shape index (κ1) is 13.4. The van der Waals surface area contributed by atoms with E-state index in [4.69, 9.17) is 16.3 Å². The molecule has 2 rings (SSSR count). The Balaban J connectivity index is 2.15. The number of aromatic hydroxyl groups is 1. The number of hydrogen-bond acceptors (Lipinski definition) is 4. The van der Waals surface area contributed by atoms with E-state index in [-0.39, 0.29) is 5.75 Å². The van der Waals surface area contributed by atoms with Crippen LogP contribution in [0.15, 0.2) is 30.5 Å². The number of rotatable bonds is 4. The van der Waals surface area contributed by atoms with Crippen LogP contribution in [0.2, 0.25) is 5.02 Å². The largest absolute Gasteiger partial charge is 0.504 e. The molecule has 0 bridgehead atoms. The van der Waals surface area contributed by atoms with Crippen LogP contribution in [0.3, 0.4) is 0 Å². The molecule has 0 fully saturated rings. The van der Waals surface area contributed by atoms with Crippen molar-refractivity contribution in [2.24, 2.45) is 0 Å². The van der Waals surface area contributed by atoms with Crippen molar-refractivity contribution in [3.05, 3.63) is 47.0 Å². The highest BCUT2D eigenvalue weighted by Crippen LogP contribution is 2.33. The molecule has 0 unspecified atom stereocenters. The second-order valence-corrected chi connectivity index (χ2v) is 4.28. The summed E-state index contributed by atoms with van der Waals surface area (Å²) in [4.78, 5) is 3.52. The number of hydrogen-bond donors (Lipinski definition) is 2. The van der Waals surface area contributed by atoms with E-state index in [1.54, 1.807) is 12.1 Å². The van der Waals surface area contributed by atoms with Gasteiger partial charge in [-0.2, -0.15) is 4.39 Å². The number of aromatic nitrogens is 1. The van der Waals surface area contributed by atoms with E-state index in [0.29, 0.717) is 28.6 Å². The molecule has 1 aromatic carbocycles. The Morgan fingerprint density at radius 1 is 1.42 bits per heavy atom. The summed E-state index contributed by atoms with van der Waals surface area (Å²) in [5.74, 6) is -0.214. The van der Waals surface area contributed by atoms with Crippen molar-refractivity contribution in [2.75, 3.05) is 12.4 Å². The Morgan fingerprint density at radius 2 is 2.21 bits per heavy atom. The summed E-state index contributed by atoms with van der Waals surface area (Å²) >= 11 is 5.92. The van der Waals surface area contributed by atoms with Crippen LogP contribution < -0.4 is 10.1 Å².